The summed E-state index contributed by atoms with van der Waals surface area (Å²) in [6.45, 7) is 5.08. The summed E-state index contributed by atoms with van der Waals surface area (Å²) >= 11 is 0. The van der Waals surface area contributed by atoms with Crippen molar-refractivity contribution in [1.29, 1.82) is 0 Å². The normalized spacial score (nSPS) is 10.7. The van der Waals surface area contributed by atoms with Crippen molar-refractivity contribution < 1.29 is 14.8 Å². The second-order valence-electron chi connectivity index (χ2n) is 5.50. The number of amides is 1. The Morgan fingerprint density at radius 3 is 2.65 bits per heavy atom. The molecule has 0 aliphatic carbocycles. The number of rotatable bonds is 8. The average molecular weight is 277 g/mol. The zero-order chi connectivity index (χ0) is 15.0. The van der Waals surface area contributed by atoms with Crippen LogP contribution in [0.1, 0.15) is 49.9 Å². The van der Waals surface area contributed by atoms with Gasteiger partial charge in [0.1, 0.15) is 0 Å². The molecule has 0 bridgehead atoms. The van der Waals surface area contributed by atoms with Crippen LogP contribution in [0.4, 0.5) is 0 Å². The lowest BCUT2D eigenvalue weighted by molar-refractivity contribution is 0.0953. The standard InChI is InChI=1S/C15H24BNO3/c1-12(2)7-4-3-5-10-17-15(18)13-8-6-9-14(11-13)16(19)20/h6,8-9,11-12,19-20H,3-5,7,10H2,1-2H3,(H,17,18). The van der Waals surface area contributed by atoms with Crippen LogP contribution in [0.3, 0.4) is 0 Å². The number of carbonyl (C=O) groups is 1. The lowest BCUT2D eigenvalue weighted by Gasteiger charge is -2.07. The fourth-order valence-electron chi connectivity index (χ4n) is 2.00. The van der Waals surface area contributed by atoms with Crippen LogP contribution in [0.25, 0.3) is 0 Å². The number of hydrogen-bond acceptors (Lipinski definition) is 3. The van der Waals surface area contributed by atoms with Gasteiger partial charge in [0.2, 0.25) is 0 Å². The zero-order valence-corrected chi connectivity index (χ0v) is 12.3. The van der Waals surface area contributed by atoms with Gasteiger partial charge in [-0.3, -0.25) is 4.79 Å². The lowest BCUT2D eigenvalue weighted by Crippen LogP contribution is -2.32. The van der Waals surface area contributed by atoms with Crippen LogP contribution in [0.2, 0.25) is 0 Å². The van der Waals surface area contributed by atoms with Gasteiger partial charge >= 0.3 is 7.12 Å². The third-order valence-electron chi connectivity index (χ3n) is 3.19. The highest BCUT2D eigenvalue weighted by Gasteiger charge is 2.13. The third kappa shape index (κ3) is 6.22. The molecule has 0 heterocycles. The molecule has 0 radical (unpaired) electrons. The minimum Gasteiger partial charge on any atom is -0.423 e. The molecule has 4 nitrogen and oxygen atoms in total. The third-order valence-corrected chi connectivity index (χ3v) is 3.19. The maximum absolute atomic E-state index is 11.9. The molecule has 1 amide bonds. The van der Waals surface area contributed by atoms with Gasteiger partial charge in [-0.25, -0.2) is 0 Å². The van der Waals surface area contributed by atoms with Gasteiger partial charge in [0.25, 0.3) is 5.91 Å². The van der Waals surface area contributed by atoms with Crippen molar-refractivity contribution in [2.45, 2.75) is 39.5 Å². The smallest absolute Gasteiger partial charge is 0.423 e. The molecule has 1 rings (SSSR count). The van der Waals surface area contributed by atoms with E-state index in [1.807, 2.05) is 0 Å². The Morgan fingerprint density at radius 1 is 1.25 bits per heavy atom. The van der Waals surface area contributed by atoms with E-state index >= 15 is 0 Å². The van der Waals surface area contributed by atoms with Crippen LogP contribution in [0.5, 0.6) is 0 Å². The molecule has 3 N–H and O–H groups in total. The van der Waals surface area contributed by atoms with Gasteiger partial charge in [0, 0.05) is 12.1 Å². The second kappa shape index (κ2) is 8.77. The molecule has 0 saturated carbocycles. The minimum absolute atomic E-state index is 0.170. The van der Waals surface area contributed by atoms with Crippen LogP contribution < -0.4 is 10.8 Å². The van der Waals surface area contributed by atoms with Gasteiger partial charge < -0.3 is 15.4 Å². The van der Waals surface area contributed by atoms with Crippen LogP contribution >= 0.6 is 0 Å². The fraction of sp³-hybridized carbons (Fsp3) is 0.533. The van der Waals surface area contributed by atoms with Crippen LogP contribution in [-0.4, -0.2) is 29.6 Å². The molecule has 20 heavy (non-hydrogen) atoms. The number of hydrogen-bond donors (Lipinski definition) is 3. The van der Waals surface area contributed by atoms with Crippen molar-refractivity contribution in [2.75, 3.05) is 6.54 Å². The van der Waals surface area contributed by atoms with Crippen molar-refractivity contribution in [1.82, 2.24) is 5.32 Å². The summed E-state index contributed by atoms with van der Waals surface area (Å²) in [7, 11) is -1.54. The second-order valence-corrected chi connectivity index (χ2v) is 5.50. The first-order chi connectivity index (χ1) is 9.50. The van der Waals surface area contributed by atoms with Crippen molar-refractivity contribution in [3.05, 3.63) is 29.8 Å². The Morgan fingerprint density at radius 2 is 2.00 bits per heavy atom. The quantitative estimate of drug-likeness (QED) is 0.495. The Labute approximate surface area is 121 Å². The topological polar surface area (TPSA) is 69.6 Å². The average Bonchev–Trinajstić information content (AvgIpc) is 2.42. The van der Waals surface area contributed by atoms with Crippen molar-refractivity contribution in [3.63, 3.8) is 0 Å². The first-order valence-corrected chi connectivity index (χ1v) is 7.25. The maximum atomic E-state index is 11.9. The molecule has 0 aliphatic heterocycles. The van der Waals surface area contributed by atoms with Crippen molar-refractivity contribution in [2.24, 2.45) is 5.92 Å². The SMILES string of the molecule is CC(C)CCCCCNC(=O)c1cccc(B(O)O)c1. The number of nitrogens with one attached hydrogen (secondary N) is 1. The van der Waals surface area contributed by atoms with E-state index in [0.717, 1.165) is 18.8 Å². The molecule has 0 aromatic heterocycles. The van der Waals surface area contributed by atoms with Gasteiger partial charge in [-0.1, -0.05) is 45.2 Å². The predicted molar refractivity (Wildman–Crippen MR) is 81.9 cm³/mol. The van der Waals surface area contributed by atoms with Crippen molar-refractivity contribution in [3.8, 4) is 0 Å². The van der Waals surface area contributed by atoms with E-state index in [4.69, 9.17) is 10.0 Å². The van der Waals surface area contributed by atoms with Gasteiger partial charge in [-0.05, 0) is 29.9 Å². The molecule has 0 spiro atoms. The molecule has 0 aliphatic rings. The fourth-order valence-corrected chi connectivity index (χ4v) is 2.00. The monoisotopic (exact) mass is 277 g/mol. The Balaban J connectivity index is 2.30. The molecule has 0 saturated heterocycles. The largest absolute Gasteiger partial charge is 0.488 e. The maximum Gasteiger partial charge on any atom is 0.488 e. The molecule has 1 aromatic rings. The highest BCUT2D eigenvalue weighted by Crippen LogP contribution is 2.07. The summed E-state index contributed by atoms with van der Waals surface area (Å²) < 4.78 is 0. The van der Waals surface area contributed by atoms with E-state index < -0.39 is 7.12 Å². The van der Waals surface area contributed by atoms with Gasteiger partial charge in [0.05, 0.1) is 0 Å². The Bertz CT molecular complexity index is 421. The van der Waals surface area contributed by atoms with Gasteiger partial charge in [-0.15, -0.1) is 0 Å². The van der Waals surface area contributed by atoms with E-state index in [1.54, 1.807) is 18.2 Å². The first kappa shape index (κ1) is 16.7. The van der Waals surface area contributed by atoms with Gasteiger partial charge in [-0.2, -0.15) is 0 Å². The lowest BCUT2D eigenvalue weighted by atomic mass is 9.79. The van der Waals surface area contributed by atoms with Crippen LogP contribution in [0.15, 0.2) is 24.3 Å². The summed E-state index contributed by atoms with van der Waals surface area (Å²) in [4.78, 5) is 11.9. The number of unbranched alkanes of at least 4 members (excludes halogenated alkanes) is 2. The summed E-state index contributed by atoms with van der Waals surface area (Å²) in [5.41, 5.74) is 0.785. The first-order valence-electron chi connectivity index (χ1n) is 7.25. The summed E-state index contributed by atoms with van der Waals surface area (Å²) in [6, 6.07) is 6.39. The molecular weight excluding hydrogens is 253 g/mol. The summed E-state index contributed by atoms with van der Waals surface area (Å²) in [5.74, 6) is 0.564. The Kier molecular flexibility index (Phi) is 7.33. The highest BCUT2D eigenvalue weighted by atomic mass is 16.4. The van der Waals surface area contributed by atoms with Crippen molar-refractivity contribution >= 4 is 18.5 Å². The Hall–Kier alpha value is -1.33. The summed E-state index contributed by atoms with van der Waals surface area (Å²) in [5, 5.41) is 21.0. The molecule has 5 heteroatoms. The molecular formula is C15H24BNO3. The van der Waals surface area contributed by atoms with E-state index in [2.05, 4.69) is 19.2 Å². The van der Waals surface area contributed by atoms with E-state index in [9.17, 15) is 4.79 Å². The van der Waals surface area contributed by atoms with Gasteiger partial charge in [0.15, 0.2) is 0 Å². The highest BCUT2D eigenvalue weighted by molar-refractivity contribution is 6.58. The molecule has 0 unspecified atom stereocenters. The van der Waals surface area contributed by atoms with E-state index in [-0.39, 0.29) is 5.91 Å². The summed E-state index contributed by atoms with van der Waals surface area (Å²) in [6.07, 6.45) is 4.51. The molecule has 0 fully saturated rings. The molecule has 0 atom stereocenters. The number of carbonyl (C=O) groups excluding carboxylic acids is 1. The number of benzene rings is 1. The predicted octanol–water partition coefficient (Wildman–Crippen LogP) is 1.31. The van der Waals surface area contributed by atoms with Crippen LogP contribution in [0, 0.1) is 5.92 Å². The molecule has 1 aromatic carbocycles. The van der Waals surface area contributed by atoms with E-state index in [0.29, 0.717) is 17.6 Å². The zero-order valence-electron chi connectivity index (χ0n) is 12.3. The van der Waals surface area contributed by atoms with Crippen LogP contribution in [-0.2, 0) is 0 Å². The van der Waals surface area contributed by atoms with E-state index in [1.165, 1.54) is 18.9 Å². The molecule has 110 valence electrons. The minimum atomic E-state index is -1.54.